The van der Waals surface area contributed by atoms with Crippen LogP contribution in [0.3, 0.4) is 0 Å². The minimum Gasteiger partial charge on any atom is -0.393 e. The van der Waals surface area contributed by atoms with Crippen LogP contribution in [-0.2, 0) is 4.79 Å². The van der Waals surface area contributed by atoms with Crippen molar-refractivity contribution in [1.82, 2.24) is 5.32 Å². The van der Waals surface area contributed by atoms with Crippen LogP contribution < -0.4 is 5.32 Å². The smallest absolute Gasteiger partial charge is 0.223 e. The van der Waals surface area contributed by atoms with Crippen LogP contribution in [0.4, 0.5) is 0 Å². The Morgan fingerprint density at radius 1 is 1.00 bits per heavy atom. The molecule has 2 aliphatic carbocycles. The van der Waals surface area contributed by atoms with E-state index in [1.54, 1.807) is 0 Å². The predicted molar refractivity (Wildman–Crippen MR) is 63.0 cm³/mol. The number of nitrogens with one attached hydrogen (secondary N) is 1. The Morgan fingerprint density at radius 3 is 2.12 bits per heavy atom. The number of hydrogen-bond acceptors (Lipinski definition) is 2. The second kappa shape index (κ2) is 5.67. The average molecular weight is 225 g/mol. The van der Waals surface area contributed by atoms with E-state index in [0.717, 1.165) is 25.7 Å². The Morgan fingerprint density at radius 2 is 1.56 bits per heavy atom. The molecule has 92 valence electrons. The molecule has 0 spiro atoms. The molecule has 0 radical (unpaired) electrons. The molecule has 2 saturated carbocycles. The van der Waals surface area contributed by atoms with Gasteiger partial charge in [-0.2, -0.15) is 0 Å². The Bertz CT molecular complexity index is 228. The first-order valence-electron chi connectivity index (χ1n) is 6.74. The second-order valence-electron chi connectivity index (χ2n) is 5.37. The van der Waals surface area contributed by atoms with E-state index in [1.807, 2.05) is 0 Å². The third-order valence-electron chi connectivity index (χ3n) is 3.94. The highest BCUT2D eigenvalue weighted by Gasteiger charge is 2.30. The molecule has 0 aromatic rings. The van der Waals surface area contributed by atoms with Crippen LogP contribution in [0.1, 0.15) is 57.8 Å². The third kappa shape index (κ3) is 3.21. The van der Waals surface area contributed by atoms with Gasteiger partial charge >= 0.3 is 0 Å². The van der Waals surface area contributed by atoms with Crippen molar-refractivity contribution in [2.75, 3.05) is 0 Å². The lowest BCUT2D eigenvalue weighted by Gasteiger charge is -2.33. The van der Waals surface area contributed by atoms with Crippen LogP contribution in [0.25, 0.3) is 0 Å². The normalized spacial score (nSPS) is 32.3. The van der Waals surface area contributed by atoms with Crippen LogP contribution >= 0.6 is 0 Å². The fourth-order valence-corrected chi connectivity index (χ4v) is 2.74. The summed E-state index contributed by atoms with van der Waals surface area (Å²) in [6.07, 6.45) is 9.74. The van der Waals surface area contributed by atoms with Gasteiger partial charge in [0, 0.05) is 12.0 Å². The van der Waals surface area contributed by atoms with Gasteiger partial charge in [-0.15, -0.1) is 0 Å². The summed E-state index contributed by atoms with van der Waals surface area (Å²) in [6.45, 7) is 0. The van der Waals surface area contributed by atoms with E-state index >= 15 is 0 Å². The van der Waals surface area contributed by atoms with Gasteiger partial charge in [0.15, 0.2) is 0 Å². The molecule has 0 aliphatic heterocycles. The van der Waals surface area contributed by atoms with Crippen molar-refractivity contribution in [3.8, 4) is 0 Å². The van der Waals surface area contributed by atoms with Crippen molar-refractivity contribution in [3.05, 3.63) is 0 Å². The van der Waals surface area contributed by atoms with E-state index in [4.69, 9.17) is 0 Å². The molecule has 16 heavy (non-hydrogen) atoms. The molecular formula is C13H23NO2. The highest BCUT2D eigenvalue weighted by molar-refractivity contribution is 5.79. The first kappa shape index (κ1) is 11.9. The summed E-state index contributed by atoms with van der Waals surface area (Å²) in [4.78, 5) is 12.0. The number of carbonyl (C=O) groups excluding carboxylic acids is 1. The summed E-state index contributed by atoms with van der Waals surface area (Å²) < 4.78 is 0. The number of amides is 1. The Balaban J connectivity index is 1.73. The van der Waals surface area contributed by atoms with Gasteiger partial charge in [0.05, 0.1) is 6.10 Å². The van der Waals surface area contributed by atoms with Gasteiger partial charge in [-0.1, -0.05) is 32.1 Å². The van der Waals surface area contributed by atoms with Crippen LogP contribution in [0.5, 0.6) is 0 Å². The van der Waals surface area contributed by atoms with E-state index in [9.17, 15) is 9.90 Å². The molecule has 3 heteroatoms. The SMILES string of the molecule is O=C(NC1CC(O)C1)C1CCCCCCC1. The van der Waals surface area contributed by atoms with Crippen LogP contribution in [0.15, 0.2) is 0 Å². The van der Waals surface area contributed by atoms with Crippen molar-refractivity contribution < 1.29 is 9.90 Å². The van der Waals surface area contributed by atoms with Crippen molar-refractivity contribution in [2.24, 2.45) is 5.92 Å². The first-order valence-corrected chi connectivity index (χ1v) is 6.74. The molecule has 3 nitrogen and oxygen atoms in total. The fourth-order valence-electron chi connectivity index (χ4n) is 2.74. The zero-order valence-electron chi connectivity index (χ0n) is 9.95. The Kier molecular flexibility index (Phi) is 4.22. The molecule has 2 aliphatic rings. The molecule has 2 fully saturated rings. The topological polar surface area (TPSA) is 49.3 Å². The summed E-state index contributed by atoms with van der Waals surface area (Å²) >= 11 is 0. The summed E-state index contributed by atoms with van der Waals surface area (Å²) in [5.74, 6) is 0.469. The number of rotatable bonds is 2. The quantitative estimate of drug-likeness (QED) is 0.755. The molecule has 0 aromatic carbocycles. The highest BCUT2D eigenvalue weighted by atomic mass is 16.3. The first-order chi connectivity index (χ1) is 7.75. The zero-order valence-corrected chi connectivity index (χ0v) is 9.95. The Labute approximate surface area is 97.6 Å². The van der Waals surface area contributed by atoms with Crippen LogP contribution in [-0.4, -0.2) is 23.2 Å². The van der Waals surface area contributed by atoms with E-state index in [0.29, 0.717) is 0 Å². The molecule has 0 heterocycles. The summed E-state index contributed by atoms with van der Waals surface area (Å²) in [6, 6.07) is 0.243. The minimum atomic E-state index is -0.178. The average Bonchev–Trinajstić information content (AvgIpc) is 2.14. The largest absolute Gasteiger partial charge is 0.393 e. The van der Waals surface area contributed by atoms with E-state index in [-0.39, 0.29) is 24.0 Å². The summed E-state index contributed by atoms with van der Waals surface area (Å²) in [7, 11) is 0. The van der Waals surface area contributed by atoms with Gasteiger partial charge in [0.25, 0.3) is 0 Å². The van der Waals surface area contributed by atoms with Crippen LogP contribution in [0.2, 0.25) is 0 Å². The minimum absolute atomic E-state index is 0.178. The Hall–Kier alpha value is -0.570. The maximum atomic E-state index is 12.0. The predicted octanol–water partition coefficient (Wildman–Crippen LogP) is 1.99. The molecule has 1 amide bonds. The maximum absolute atomic E-state index is 12.0. The number of carbonyl (C=O) groups is 1. The van der Waals surface area contributed by atoms with E-state index in [2.05, 4.69) is 5.32 Å². The molecular weight excluding hydrogens is 202 g/mol. The lowest BCUT2D eigenvalue weighted by atomic mass is 9.87. The van der Waals surface area contributed by atoms with Gasteiger partial charge in [-0.05, 0) is 25.7 Å². The fraction of sp³-hybridized carbons (Fsp3) is 0.923. The lowest BCUT2D eigenvalue weighted by molar-refractivity contribution is -0.127. The number of aliphatic hydroxyl groups excluding tert-OH is 1. The lowest BCUT2D eigenvalue weighted by Crippen LogP contribution is -2.48. The molecule has 0 atom stereocenters. The molecule has 0 bridgehead atoms. The van der Waals surface area contributed by atoms with Gasteiger partial charge in [0.1, 0.15) is 0 Å². The zero-order chi connectivity index (χ0) is 11.4. The van der Waals surface area contributed by atoms with Crippen molar-refractivity contribution in [3.63, 3.8) is 0 Å². The molecule has 0 aromatic heterocycles. The molecule has 0 unspecified atom stereocenters. The van der Waals surface area contributed by atoms with Crippen molar-refractivity contribution >= 4 is 5.91 Å². The summed E-state index contributed by atoms with van der Waals surface area (Å²) in [5, 5.41) is 12.2. The van der Waals surface area contributed by atoms with E-state index in [1.165, 1.54) is 32.1 Å². The van der Waals surface area contributed by atoms with Crippen molar-refractivity contribution in [1.29, 1.82) is 0 Å². The molecule has 0 saturated heterocycles. The monoisotopic (exact) mass is 225 g/mol. The van der Waals surface area contributed by atoms with E-state index < -0.39 is 0 Å². The van der Waals surface area contributed by atoms with Crippen molar-refractivity contribution in [2.45, 2.75) is 69.9 Å². The highest BCUT2D eigenvalue weighted by Crippen LogP contribution is 2.24. The third-order valence-corrected chi connectivity index (χ3v) is 3.94. The van der Waals surface area contributed by atoms with Gasteiger partial charge in [0.2, 0.25) is 5.91 Å². The van der Waals surface area contributed by atoms with Gasteiger partial charge in [-0.25, -0.2) is 0 Å². The second-order valence-corrected chi connectivity index (χ2v) is 5.37. The molecule has 2 rings (SSSR count). The van der Waals surface area contributed by atoms with Gasteiger partial charge in [-0.3, -0.25) is 4.79 Å². The van der Waals surface area contributed by atoms with Crippen LogP contribution in [0, 0.1) is 5.92 Å². The van der Waals surface area contributed by atoms with Gasteiger partial charge < -0.3 is 10.4 Å². The number of hydrogen-bond donors (Lipinski definition) is 2. The molecule has 2 N–H and O–H groups in total. The maximum Gasteiger partial charge on any atom is 0.223 e. The number of aliphatic hydroxyl groups is 1. The standard InChI is InChI=1S/C13H23NO2/c15-12-8-11(9-12)14-13(16)10-6-4-2-1-3-5-7-10/h10-12,15H,1-9H2,(H,14,16). The summed E-state index contributed by atoms with van der Waals surface area (Å²) in [5.41, 5.74) is 0.